The number of pyridine rings is 1. The van der Waals surface area contributed by atoms with Gasteiger partial charge in [0, 0.05) is 16.8 Å². The normalized spacial score (nSPS) is 11.3. The molecule has 0 fully saturated rings. The van der Waals surface area contributed by atoms with E-state index in [-0.39, 0.29) is 0 Å². The molecule has 0 amide bonds. The topological polar surface area (TPSA) is 41.6 Å². The third kappa shape index (κ3) is 5.46. The summed E-state index contributed by atoms with van der Waals surface area (Å²) >= 11 is 3.67. The number of aromatic nitrogens is 3. The highest BCUT2D eigenvalue weighted by atomic mass is 32.2. The van der Waals surface area contributed by atoms with Crippen LogP contribution >= 0.6 is 23.5 Å². The Morgan fingerprint density at radius 2 is 1.73 bits per heavy atom. The second-order valence-electron chi connectivity index (χ2n) is 7.52. The van der Waals surface area contributed by atoms with Gasteiger partial charge in [0.25, 0.3) is 0 Å². The van der Waals surface area contributed by atoms with Crippen LogP contribution in [-0.4, -0.2) is 20.7 Å². The van der Waals surface area contributed by atoms with E-state index in [4.69, 9.17) is 0 Å². The van der Waals surface area contributed by atoms with Crippen LogP contribution in [0.25, 0.3) is 11.0 Å². The highest BCUT2D eigenvalue weighted by Gasteiger charge is 2.09. The first-order valence-electron chi connectivity index (χ1n) is 10.4. The van der Waals surface area contributed by atoms with Crippen molar-refractivity contribution in [3.63, 3.8) is 0 Å². The largest absolute Gasteiger partial charge is 0.333 e. The van der Waals surface area contributed by atoms with Gasteiger partial charge >= 0.3 is 0 Å². The van der Waals surface area contributed by atoms with Crippen LogP contribution in [0.15, 0.2) is 70.8 Å². The summed E-state index contributed by atoms with van der Waals surface area (Å²) in [5, 5.41) is 0.951. The number of imidazole rings is 1. The summed E-state index contributed by atoms with van der Waals surface area (Å²) in [7, 11) is 0. The lowest BCUT2D eigenvalue weighted by Gasteiger charge is -2.09. The number of nitrogens with one attached hydrogen (secondary N) is 1. The van der Waals surface area contributed by atoms with Crippen LogP contribution in [0.1, 0.15) is 35.2 Å². The van der Waals surface area contributed by atoms with Gasteiger partial charge in [-0.2, -0.15) is 0 Å². The highest BCUT2D eigenvalue weighted by molar-refractivity contribution is 7.99. The molecule has 154 valence electrons. The molecule has 2 heterocycles. The first kappa shape index (κ1) is 21.0. The molecule has 0 bridgehead atoms. The van der Waals surface area contributed by atoms with Gasteiger partial charge in [-0.25, -0.2) is 4.98 Å². The molecule has 0 atom stereocenters. The Labute approximate surface area is 187 Å². The van der Waals surface area contributed by atoms with E-state index in [1.807, 2.05) is 36.2 Å². The fraction of sp³-hybridized carbons (Fsp3) is 0.280. The first-order valence-corrected chi connectivity index (χ1v) is 12.4. The van der Waals surface area contributed by atoms with E-state index < -0.39 is 0 Å². The van der Waals surface area contributed by atoms with E-state index in [1.165, 1.54) is 34.4 Å². The van der Waals surface area contributed by atoms with E-state index in [1.54, 1.807) is 11.8 Å². The van der Waals surface area contributed by atoms with Crippen molar-refractivity contribution in [2.24, 2.45) is 0 Å². The maximum absolute atomic E-state index is 4.65. The summed E-state index contributed by atoms with van der Waals surface area (Å²) in [6, 6.07) is 19.2. The number of aryl methyl sites for hydroxylation is 2. The maximum Gasteiger partial charge on any atom is 0.166 e. The molecule has 2 aromatic carbocycles. The Morgan fingerprint density at radius 1 is 0.900 bits per heavy atom. The van der Waals surface area contributed by atoms with Gasteiger partial charge in [-0.1, -0.05) is 53.7 Å². The molecule has 0 radical (unpaired) electrons. The summed E-state index contributed by atoms with van der Waals surface area (Å²) in [6.45, 7) is 4.33. The van der Waals surface area contributed by atoms with Crippen LogP contribution in [0.4, 0.5) is 0 Å². The quantitative estimate of drug-likeness (QED) is 0.228. The molecule has 0 aliphatic carbocycles. The minimum atomic E-state index is 0.827. The lowest BCUT2D eigenvalue weighted by molar-refractivity contribution is 0.802. The van der Waals surface area contributed by atoms with Crippen LogP contribution < -0.4 is 0 Å². The minimum absolute atomic E-state index is 0.827. The third-order valence-electron chi connectivity index (χ3n) is 5.21. The highest BCUT2D eigenvalue weighted by Crippen LogP contribution is 2.29. The average Bonchev–Trinajstić information content (AvgIpc) is 3.18. The number of rotatable bonds is 9. The molecule has 4 rings (SSSR count). The first-order chi connectivity index (χ1) is 14.7. The molecule has 0 aliphatic heterocycles. The van der Waals surface area contributed by atoms with Crippen molar-refractivity contribution in [3.8, 4) is 0 Å². The van der Waals surface area contributed by atoms with Crippen molar-refractivity contribution >= 4 is 34.6 Å². The summed E-state index contributed by atoms with van der Waals surface area (Å²) in [6.07, 6.45) is 5.56. The summed E-state index contributed by atoms with van der Waals surface area (Å²) in [5.41, 5.74) is 7.31. The summed E-state index contributed by atoms with van der Waals surface area (Å²) < 4.78 is 0. The Balaban J connectivity index is 1.27. The second kappa shape index (κ2) is 10.2. The molecule has 4 aromatic rings. The molecule has 3 nitrogen and oxygen atoms in total. The molecule has 0 saturated heterocycles. The maximum atomic E-state index is 4.65. The fourth-order valence-electron chi connectivity index (χ4n) is 3.36. The van der Waals surface area contributed by atoms with E-state index in [0.29, 0.717) is 0 Å². The SMILES string of the molecule is Cc1ccc(CCCCSc2ccnc(CSc3nc4ccccc4[nH]3)c2C)cc1. The number of thioether (sulfide) groups is 2. The molecular weight excluding hydrogens is 406 g/mol. The van der Waals surface area contributed by atoms with Gasteiger partial charge in [0.1, 0.15) is 0 Å². The van der Waals surface area contributed by atoms with Gasteiger partial charge in [0.05, 0.1) is 16.7 Å². The van der Waals surface area contributed by atoms with Crippen LogP contribution in [0.5, 0.6) is 0 Å². The Morgan fingerprint density at radius 3 is 2.57 bits per heavy atom. The van der Waals surface area contributed by atoms with Crippen molar-refractivity contribution in [1.82, 2.24) is 15.0 Å². The van der Waals surface area contributed by atoms with Gasteiger partial charge in [-0.05, 0) is 68.2 Å². The van der Waals surface area contributed by atoms with E-state index in [9.17, 15) is 0 Å². The van der Waals surface area contributed by atoms with Gasteiger partial charge in [0.15, 0.2) is 5.16 Å². The third-order valence-corrected chi connectivity index (χ3v) is 7.34. The molecule has 0 spiro atoms. The van der Waals surface area contributed by atoms with E-state index in [0.717, 1.165) is 39.8 Å². The molecular formula is C25H27N3S2. The number of nitrogens with zero attached hydrogens (tertiary/aromatic N) is 2. The number of H-pyrrole nitrogens is 1. The van der Waals surface area contributed by atoms with Gasteiger partial charge in [-0.3, -0.25) is 4.98 Å². The fourth-order valence-corrected chi connectivity index (χ4v) is 5.33. The average molecular weight is 434 g/mol. The van der Waals surface area contributed by atoms with Crippen molar-refractivity contribution in [3.05, 3.63) is 83.2 Å². The summed E-state index contributed by atoms with van der Waals surface area (Å²) in [4.78, 5) is 14.0. The molecule has 0 aliphatic rings. The summed E-state index contributed by atoms with van der Waals surface area (Å²) in [5.74, 6) is 1.97. The number of unbranched alkanes of at least 4 members (excludes halogenated alkanes) is 1. The van der Waals surface area contributed by atoms with Crippen LogP contribution in [0.3, 0.4) is 0 Å². The van der Waals surface area contributed by atoms with Gasteiger partial charge in [0.2, 0.25) is 0 Å². The van der Waals surface area contributed by atoms with Gasteiger partial charge < -0.3 is 4.98 Å². The van der Waals surface area contributed by atoms with E-state index in [2.05, 4.69) is 65.2 Å². The predicted octanol–water partition coefficient (Wildman–Crippen LogP) is 6.98. The number of para-hydroxylation sites is 2. The van der Waals surface area contributed by atoms with Crippen LogP contribution in [-0.2, 0) is 12.2 Å². The number of benzene rings is 2. The number of aromatic amines is 1. The monoisotopic (exact) mass is 433 g/mol. The second-order valence-corrected chi connectivity index (χ2v) is 9.62. The molecule has 0 saturated carbocycles. The number of fused-ring (bicyclic) bond motifs is 1. The molecule has 30 heavy (non-hydrogen) atoms. The minimum Gasteiger partial charge on any atom is -0.333 e. The zero-order valence-electron chi connectivity index (χ0n) is 17.5. The zero-order chi connectivity index (χ0) is 20.8. The standard InChI is InChI=1S/C25H27N3S2/c1-18-10-12-20(13-11-18)7-5-6-16-29-24-14-15-26-23(19(24)2)17-30-25-27-21-8-3-4-9-22(21)28-25/h3-4,8-15H,5-7,16-17H2,1-2H3,(H,27,28). The molecule has 2 aromatic heterocycles. The predicted molar refractivity (Wildman–Crippen MR) is 129 cm³/mol. The Bertz CT molecular complexity index is 1070. The molecule has 0 unspecified atom stereocenters. The number of hydrogen-bond donors (Lipinski definition) is 1. The van der Waals surface area contributed by atoms with Crippen LogP contribution in [0.2, 0.25) is 0 Å². The van der Waals surface area contributed by atoms with Crippen LogP contribution in [0, 0.1) is 13.8 Å². The molecule has 1 N–H and O–H groups in total. The Kier molecular flexibility index (Phi) is 7.13. The Hall–Kier alpha value is -2.24. The zero-order valence-corrected chi connectivity index (χ0v) is 19.2. The molecule has 5 heteroatoms. The lowest BCUT2D eigenvalue weighted by Crippen LogP contribution is -1.95. The van der Waals surface area contributed by atoms with Crippen molar-refractivity contribution in [2.75, 3.05) is 5.75 Å². The van der Waals surface area contributed by atoms with E-state index >= 15 is 0 Å². The van der Waals surface area contributed by atoms with Crippen molar-refractivity contribution < 1.29 is 0 Å². The smallest absolute Gasteiger partial charge is 0.166 e. The number of hydrogen-bond acceptors (Lipinski definition) is 4. The van der Waals surface area contributed by atoms with Crippen molar-refractivity contribution in [2.45, 2.75) is 48.9 Å². The van der Waals surface area contributed by atoms with Crippen molar-refractivity contribution in [1.29, 1.82) is 0 Å². The lowest BCUT2D eigenvalue weighted by atomic mass is 10.1. The van der Waals surface area contributed by atoms with Gasteiger partial charge in [-0.15, -0.1) is 11.8 Å².